The summed E-state index contributed by atoms with van der Waals surface area (Å²) in [7, 11) is -3.96. The van der Waals surface area contributed by atoms with Gasteiger partial charge in [0.2, 0.25) is 11.8 Å². The van der Waals surface area contributed by atoms with E-state index < -0.39 is 15.9 Å². The Hall–Kier alpha value is -2.41. The molecule has 2 rings (SSSR count). The van der Waals surface area contributed by atoms with Crippen LogP contribution in [0.4, 0.5) is 0 Å². The van der Waals surface area contributed by atoms with Gasteiger partial charge in [0.1, 0.15) is 6.61 Å². The van der Waals surface area contributed by atoms with Crippen molar-refractivity contribution in [2.75, 3.05) is 0 Å². The summed E-state index contributed by atoms with van der Waals surface area (Å²) in [6.45, 7) is 1.39. The Morgan fingerprint density at radius 1 is 1.14 bits per heavy atom. The van der Waals surface area contributed by atoms with Gasteiger partial charge < -0.3 is 4.74 Å². The Balaban J connectivity index is 2.13. The van der Waals surface area contributed by atoms with Crippen molar-refractivity contribution in [1.29, 1.82) is 0 Å². The first-order valence-electron chi connectivity index (χ1n) is 6.14. The Bertz CT molecular complexity index is 730. The predicted octanol–water partition coefficient (Wildman–Crippen LogP) is 1.49. The van der Waals surface area contributed by atoms with Crippen LogP contribution in [0.25, 0.3) is 0 Å². The molecule has 0 aliphatic carbocycles. The molecule has 110 valence electrons. The molecule has 2 aromatic rings. The topological polar surface area (TPSA) is 85.4 Å². The maximum atomic E-state index is 11.8. The van der Waals surface area contributed by atoms with E-state index in [1.807, 2.05) is 35.1 Å². The molecule has 1 aromatic carbocycles. The highest BCUT2D eigenvalue weighted by Gasteiger charge is 2.17. The molecule has 7 heteroatoms. The molecule has 0 unspecified atom stereocenters. The van der Waals surface area contributed by atoms with Crippen molar-refractivity contribution >= 4 is 15.9 Å². The fraction of sp³-hybridized carbons (Fsp3) is 0.143. The Labute approximate surface area is 122 Å². The number of nitrogens with zero attached hydrogens (tertiary/aromatic N) is 1. The van der Waals surface area contributed by atoms with Crippen molar-refractivity contribution in [3.63, 3.8) is 0 Å². The minimum absolute atomic E-state index is 0.172. The number of carbonyl (C=O) groups excluding carboxylic acids is 1. The lowest BCUT2D eigenvalue weighted by atomic mass is 10.2. The van der Waals surface area contributed by atoms with Crippen LogP contribution in [0.1, 0.15) is 12.5 Å². The van der Waals surface area contributed by atoms with Gasteiger partial charge in [-0.15, -0.1) is 0 Å². The minimum atomic E-state index is -3.96. The number of aromatic nitrogens is 1. The Kier molecular flexibility index (Phi) is 4.54. The number of amides is 1. The number of ether oxygens (including phenoxy) is 1. The van der Waals surface area contributed by atoms with Crippen LogP contribution < -0.4 is 9.46 Å². The van der Waals surface area contributed by atoms with Crippen LogP contribution in [-0.2, 0) is 21.4 Å². The number of pyridine rings is 1. The zero-order chi connectivity index (χ0) is 15.3. The monoisotopic (exact) mass is 306 g/mol. The summed E-state index contributed by atoms with van der Waals surface area (Å²) in [5.41, 5.74) is 0.939. The number of nitrogens with one attached hydrogen (secondary N) is 1. The van der Waals surface area contributed by atoms with E-state index in [-0.39, 0.29) is 17.5 Å². The van der Waals surface area contributed by atoms with Gasteiger partial charge in [-0.25, -0.2) is 4.72 Å². The smallest absolute Gasteiger partial charge is 0.281 e. The first-order valence-corrected chi connectivity index (χ1v) is 7.63. The number of hydrogen-bond acceptors (Lipinski definition) is 5. The van der Waals surface area contributed by atoms with E-state index >= 15 is 0 Å². The van der Waals surface area contributed by atoms with Crippen LogP contribution in [0.2, 0.25) is 0 Å². The molecule has 0 aliphatic heterocycles. The normalized spacial score (nSPS) is 10.9. The number of carbonyl (C=O) groups is 1. The van der Waals surface area contributed by atoms with Crippen molar-refractivity contribution in [2.45, 2.75) is 18.6 Å². The third kappa shape index (κ3) is 4.28. The molecule has 1 heterocycles. The van der Waals surface area contributed by atoms with E-state index in [4.69, 9.17) is 4.74 Å². The standard InChI is InChI=1S/C14H14N2O4S/c1-11(17)16-21(18,19)14-9-5-8-13(15-14)20-10-12-6-3-2-4-7-12/h2-9H,10H2,1H3,(H,16,17). The summed E-state index contributed by atoms with van der Waals surface area (Å²) in [4.78, 5) is 14.8. The second-order valence-electron chi connectivity index (χ2n) is 4.25. The van der Waals surface area contributed by atoms with Gasteiger partial charge in [0.15, 0.2) is 5.03 Å². The largest absolute Gasteiger partial charge is 0.473 e. The van der Waals surface area contributed by atoms with Gasteiger partial charge in [0.25, 0.3) is 10.0 Å². The molecule has 1 amide bonds. The quantitative estimate of drug-likeness (QED) is 0.904. The molecular weight excluding hydrogens is 292 g/mol. The molecule has 0 bridgehead atoms. The maximum Gasteiger partial charge on any atom is 0.281 e. The Morgan fingerprint density at radius 2 is 1.86 bits per heavy atom. The SMILES string of the molecule is CC(=O)NS(=O)(=O)c1cccc(OCc2ccccc2)n1. The number of rotatable bonds is 5. The minimum Gasteiger partial charge on any atom is -0.473 e. The summed E-state index contributed by atoms with van der Waals surface area (Å²) in [6.07, 6.45) is 0. The van der Waals surface area contributed by atoms with Crippen molar-refractivity contribution < 1.29 is 17.9 Å². The molecule has 1 N–H and O–H groups in total. The second-order valence-corrected chi connectivity index (χ2v) is 5.88. The van der Waals surface area contributed by atoms with Crippen LogP contribution in [0, 0.1) is 0 Å². The van der Waals surface area contributed by atoms with E-state index in [9.17, 15) is 13.2 Å². The van der Waals surface area contributed by atoms with Gasteiger partial charge in [-0.2, -0.15) is 13.4 Å². The van der Waals surface area contributed by atoms with E-state index in [1.165, 1.54) is 12.1 Å². The van der Waals surface area contributed by atoms with Crippen LogP contribution in [0.5, 0.6) is 5.88 Å². The van der Waals surface area contributed by atoms with E-state index in [1.54, 1.807) is 6.07 Å². The zero-order valence-corrected chi connectivity index (χ0v) is 12.1. The molecule has 21 heavy (non-hydrogen) atoms. The molecule has 0 radical (unpaired) electrons. The van der Waals surface area contributed by atoms with Crippen LogP contribution >= 0.6 is 0 Å². The first kappa shape index (κ1) is 15.0. The summed E-state index contributed by atoms with van der Waals surface area (Å²) < 4.78 is 30.9. The number of hydrogen-bond donors (Lipinski definition) is 1. The molecule has 1 aromatic heterocycles. The Morgan fingerprint density at radius 3 is 2.52 bits per heavy atom. The highest BCUT2D eigenvalue weighted by atomic mass is 32.2. The van der Waals surface area contributed by atoms with Crippen LogP contribution in [0.3, 0.4) is 0 Å². The molecule has 0 atom stereocenters. The van der Waals surface area contributed by atoms with Gasteiger partial charge in [0.05, 0.1) is 0 Å². The zero-order valence-electron chi connectivity index (χ0n) is 11.3. The van der Waals surface area contributed by atoms with Gasteiger partial charge >= 0.3 is 0 Å². The van der Waals surface area contributed by atoms with E-state index in [2.05, 4.69) is 4.98 Å². The lowest BCUT2D eigenvalue weighted by Crippen LogP contribution is -2.28. The third-order valence-corrected chi connectivity index (χ3v) is 3.82. The first-order chi connectivity index (χ1) is 9.97. The second kappa shape index (κ2) is 6.36. The van der Waals surface area contributed by atoms with Crippen molar-refractivity contribution in [3.8, 4) is 5.88 Å². The summed E-state index contributed by atoms with van der Waals surface area (Å²) in [6, 6.07) is 13.8. The fourth-order valence-electron chi connectivity index (χ4n) is 1.60. The van der Waals surface area contributed by atoms with Crippen molar-refractivity contribution in [1.82, 2.24) is 9.71 Å². The summed E-state index contributed by atoms with van der Waals surface area (Å²) >= 11 is 0. The molecule has 0 saturated carbocycles. The van der Waals surface area contributed by atoms with Gasteiger partial charge in [-0.1, -0.05) is 36.4 Å². The highest BCUT2D eigenvalue weighted by Crippen LogP contribution is 2.13. The average molecular weight is 306 g/mol. The highest BCUT2D eigenvalue weighted by molar-refractivity contribution is 7.90. The van der Waals surface area contributed by atoms with Gasteiger partial charge in [-0.05, 0) is 11.6 Å². The predicted molar refractivity (Wildman–Crippen MR) is 76.0 cm³/mol. The van der Waals surface area contributed by atoms with Gasteiger partial charge in [0, 0.05) is 13.0 Å². The molecule has 0 fully saturated rings. The molecule has 0 aliphatic rings. The third-order valence-electron chi connectivity index (χ3n) is 2.48. The lowest BCUT2D eigenvalue weighted by molar-refractivity contribution is -0.117. The number of benzene rings is 1. The molecule has 0 spiro atoms. The number of sulfonamides is 1. The molecular formula is C14H14N2O4S. The average Bonchev–Trinajstić information content (AvgIpc) is 2.45. The van der Waals surface area contributed by atoms with Gasteiger partial charge in [-0.3, -0.25) is 4.79 Å². The lowest BCUT2D eigenvalue weighted by Gasteiger charge is -2.08. The maximum absolute atomic E-state index is 11.8. The summed E-state index contributed by atoms with van der Waals surface area (Å²) in [5, 5.41) is -0.261. The van der Waals surface area contributed by atoms with E-state index in [0.29, 0.717) is 0 Å². The molecule has 6 nitrogen and oxygen atoms in total. The van der Waals surface area contributed by atoms with Crippen LogP contribution in [0.15, 0.2) is 53.6 Å². The summed E-state index contributed by atoms with van der Waals surface area (Å²) in [5.74, 6) is -0.502. The van der Waals surface area contributed by atoms with Crippen molar-refractivity contribution in [2.24, 2.45) is 0 Å². The molecule has 0 saturated heterocycles. The van der Waals surface area contributed by atoms with Crippen molar-refractivity contribution in [3.05, 3.63) is 54.1 Å². The van der Waals surface area contributed by atoms with E-state index in [0.717, 1.165) is 12.5 Å². The van der Waals surface area contributed by atoms with Crippen LogP contribution in [-0.4, -0.2) is 19.3 Å². The fourth-order valence-corrected chi connectivity index (χ4v) is 2.55.